The van der Waals surface area contributed by atoms with Gasteiger partial charge in [-0.3, -0.25) is 4.79 Å². The fourth-order valence-corrected chi connectivity index (χ4v) is 2.06. The minimum absolute atomic E-state index is 0.0527. The number of rotatable bonds is 7. The second-order valence-electron chi connectivity index (χ2n) is 5.99. The van der Waals surface area contributed by atoms with E-state index >= 15 is 0 Å². The van der Waals surface area contributed by atoms with Crippen LogP contribution in [0.3, 0.4) is 0 Å². The van der Waals surface area contributed by atoms with Crippen molar-refractivity contribution in [3.63, 3.8) is 0 Å². The molecule has 0 heterocycles. The van der Waals surface area contributed by atoms with Gasteiger partial charge in [-0.1, -0.05) is 45.0 Å². The number of carbonyl (C=O) groups excluding carboxylic acids is 1. The molecule has 2 atom stereocenters. The van der Waals surface area contributed by atoms with Gasteiger partial charge in [0.1, 0.15) is 0 Å². The average Bonchev–Trinajstić information content (AvgIpc) is 2.44. The zero-order valence-corrected chi connectivity index (χ0v) is 13.1. The van der Waals surface area contributed by atoms with Crippen LogP contribution in [-0.2, 0) is 4.79 Å². The summed E-state index contributed by atoms with van der Waals surface area (Å²) >= 11 is 0. The quantitative estimate of drug-likeness (QED) is 0.802. The van der Waals surface area contributed by atoms with Gasteiger partial charge >= 0.3 is 0 Å². The third kappa shape index (κ3) is 5.33. The molecule has 1 aromatic rings. The Labute approximate surface area is 122 Å². The van der Waals surface area contributed by atoms with Gasteiger partial charge in [-0.25, -0.2) is 0 Å². The molecule has 0 aliphatic carbocycles. The summed E-state index contributed by atoms with van der Waals surface area (Å²) in [7, 11) is 0. The minimum Gasteiger partial charge on any atom is -0.350 e. The number of hydrogen-bond donors (Lipinski definition) is 2. The number of amides is 1. The normalized spacial score (nSPS) is 14.1. The molecule has 1 aromatic carbocycles. The Morgan fingerprint density at radius 2 is 1.65 bits per heavy atom. The summed E-state index contributed by atoms with van der Waals surface area (Å²) in [4.78, 5) is 11.9. The number of nitrogens with two attached hydrogens (primary N) is 1. The van der Waals surface area contributed by atoms with Gasteiger partial charge in [0.25, 0.3) is 0 Å². The maximum absolute atomic E-state index is 11.9. The molecule has 0 radical (unpaired) electrons. The third-order valence-corrected chi connectivity index (χ3v) is 3.75. The van der Waals surface area contributed by atoms with Crippen LogP contribution in [-0.4, -0.2) is 12.5 Å². The zero-order chi connectivity index (χ0) is 15.1. The van der Waals surface area contributed by atoms with Crippen molar-refractivity contribution >= 4 is 5.91 Å². The SMILES string of the molecule is CC(CN)CCC(=O)NC(C)c1ccc(C(C)C)cc1. The molecule has 3 heteroatoms. The molecule has 0 fully saturated rings. The maximum Gasteiger partial charge on any atom is 0.220 e. The summed E-state index contributed by atoms with van der Waals surface area (Å²) in [6, 6.07) is 8.53. The van der Waals surface area contributed by atoms with Crippen molar-refractivity contribution in [1.29, 1.82) is 0 Å². The molecule has 20 heavy (non-hydrogen) atoms. The fourth-order valence-electron chi connectivity index (χ4n) is 2.06. The van der Waals surface area contributed by atoms with Gasteiger partial charge in [0.2, 0.25) is 5.91 Å². The molecule has 0 spiro atoms. The van der Waals surface area contributed by atoms with E-state index in [4.69, 9.17) is 5.73 Å². The van der Waals surface area contributed by atoms with E-state index in [0.717, 1.165) is 12.0 Å². The van der Waals surface area contributed by atoms with E-state index in [1.807, 2.05) is 6.92 Å². The zero-order valence-electron chi connectivity index (χ0n) is 13.1. The highest BCUT2D eigenvalue weighted by atomic mass is 16.1. The predicted octanol–water partition coefficient (Wildman–Crippen LogP) is 3.36. The third-order valence-electron chi connectivity index (χ3n) is 3.75. The lowest BCUT2D eigenvalue weighted by Gasteiger charge is -2.16. The Kier molecular flexibility index (Phi) is 6.73. The highest BCUT2D eigenvalue weighted by molar-refractivity contribution is 5.76. The van der Waals surface area contributed by atoms with Gasteiger partial charge in [0.05, 0.1) is 6.04 Å². The first-order chi connectivity index (χ1) is 9.43. The highest BCUT2D eigenvalue weighted by Gasteiger charge is 2.11. The molecule has 3 nitrogen and oxygen atoms in total. The van der Waals surface area contributed by atoms with Crippen LogP contribution in [0.5, 0.6) is 0 Å². The molecule has 0 aromatic heterocycles. The van der Waals surface area contributed by atoms with Crippen LogP contribution in [0.15, 0.2) is 24.3 Å². The molecule has 112 valence electrons. The largest absolute Gasteiger partial charge is 0.350 e. The van der Waals surface area contributed by atoms with Gasteiger partial charge in [0.15, 0.2) is 0 Å². The molecule has 1 rings (SSSR count). The summed E-state index contributed by atoms with van der Waals surface area (Å²) < 4.78 is 0. The second-order valence-corrected chi connectivity index (χ2v) is 5.99. The van der Waals surface area contributed by atoms with E-state index < -0.39 is 0 Å². The van der Waals surface area contributed by atoms with Gasteiger partial charge in [0, 0.05) is 6.42 Å². The molecule has 3 N–H and O–H groups in total. The van der Waals surface area contributed by atoms with E-state index in [-0.39, 0.29) is 11.9 Å². The van der Waals surface area contributed by atoms with Crippen molar-refractivity contribution in [1.82, 2.24) is 5.32 Å². The number of nitrogens with one attached hydrogen (secondary N) is 1. The van der Waals surface area contributed by atoms with Crippen molar-refractivity contribution in [3.8, 4) is 0 Å². The van der Waals surface area contributed by atoms with Crippen molar-refractivity contribution in [2.75, 3.05) is 6.54 Å². The monoisotopic (exact) mass is 276 g/mol. The lowest BCUT2D eigenvalue weighted by atomic mass is 9.99. The van der Waals surface area contributed by atoms with Crippen LogP contribution in [0.1, 0.15) is 63.6 Å². The van der Waals surface area contributed by atoms with Crippen molar-refractivity contribution in [3.05, 3.63) is 35.4 Å². The number of carbonyl (C=O) groups is 1. The predicted molar refractivity (Wildman–Crippen MR) is 84.5 cm³/mol. The fraction of sp³-hybridized carbons (Fsp3) is 0.588. The van der Waals surface area contributed by atoms with Gasteiger partial charge in [-0.2, -0.15) is 0 Å². The lowest BCUT2D eigenvalue weighted by Crippen LogP contribution is -2.27. The first-order valence-electron chi connectivity index (χ1n) is 7.53. The molecular weight excluding hydrogens is 248 g/mol. The topological polar surface area (TPSA) is 55.1 Å². The van der Waals surface area contributed by atoms with Crippen LogP contribution in [0.25, 0.3) is 0 Å². The Bertz CT molecular complexity index is 412. The molecular formula is C17H28N2O. The standard InChI is InChI=1S/C17H28N2O/c1-12(2)15-6-8-16(9-7-15)14(4)19-17(20)10-5-13(3)11-18/h6-9,12-14H,5,10-11,18H2,1-4H3,(H,19,20). The summed E-state index contributed by atoms with van der Waals surface area (Å²) in [5.74, 6) is 1.04. The highest BCUT2D eigenvalue weighted by Crippen LogP contribution is 2.18. The minimum atomic E-state index is 0.0527. The van der Waals surface area contributed by atoms with Crippen molar-refractivity contribution < 1.29 is 4.79 Å². The Balaban J connectivity index is 2.49. The van der Waals surface area contributed by atoms with E-state index in [0.29, 0.717) is 24.8 Å². The summed E-state index contributed by atoms with van der Waals surface area (Å²) in [5.41, 5.74) is 8.03. The van der Waals surface area contributed by atoms with E-state index in [9.17, 15) is 4.79 Å². The van der Waals surface area contributed by atoms with Crippen molar-refractivity contribution in [2.45, 2.75) is 52.5 Å². The summed E-state index contributed by atoms with van der Waals surface area (Å²) in [6.07, 6.45) is 1.40. The van der Waals surface area contributed by atoms with Crippen LogP contribution < -0.4 is 11.1 Å². The number of hydrogen-bond acceptors (Lipinski definition) is 2. The lowest BCUT2D eigenvalue weighted by molar-refractivity contribution is -0.122. The molecule has 0 aliphatic heterocycles. The van der Waals surface area contributed by atoms with E-state index in [1.54, 1.807) is 0 Å². The maximum atomic E-state index is 11.9. The first-order valence-corrected chi connectivity index (χ1v) is 7.53. The summed E-state index contributed by atoms with van der Waals surface area (Å²) in [5, 5.41) is 3.04. The molecule has 0 aliphatic rings. The average molecular weight is 276 g/mol. The second kappa shape index (κ2) is 8.05. The van der Waals surface area contributed by atoms with Crippen LogP contribution in [0.4, 0.5) is 0 Å². The molecule has 0 saturated heterocycles. The van der Waals surface area contributed by atoms with Crippen LogP contribution in [0, 0.1) is 5.92 Å². The smallest absolute Gasteiger partial charge is 0.220 e. The number of benzene rings is 1. The molecule has 1 amide bonds. The molecule has 0 bridgehead atoms. The van der Waals surface area contributed by atoms with Crippen molar-refractivity contribution in [2.24, 2.45) is 11.7 Å². The Hall–Kier alpha value is -1.35. The Morgan fingerprint density at radius 1 is 1.10 bits per heavy atom. The van der Waals surface area contributed by atoms with E-state index in [2.05, 4.69) is 50.4 Å². The van der Waals surface area contributed by atoms with Gasteiger partial charge in [-0.05, 0) is 42.9 Å². The van der Waals surface area contributed by atoms with Gasteiger partial charge < -0.3 is 11.1 Å². The van der Waals surface area contributed by atoms with E-state index in [1.165, 1.54) is 5.56 Å². The summed E-state index contributed by atoms with van der Waals surface area (Å²) in [6.45, 7) is 9.09. The molecule has 0 saturated carbocycles. The molecule has 2 unspecified atom stereocenters. The van der Waals surface area contributed by atoms with Crippen LogP contribution in [0.2, 0.25) is 0 Å². The first kappa shape index (κ1) is 16.7. The van der Waals surface area contributed by atoms with Gasteiger partial charge in [-0.15, -0.1) is 0 Å². The Morgan fingerprint density at radius 3 is 2.15 bits per heavy atom. The van der Waals surface area contributed by atoms with Crippen LogP contribution >= 0.6 is 0 Å².